The minimum atomic E-state index is -0.535. The molecule has 15 heavy (non-hydrogen) atoms. The predicted molar refractivity (Wildman–Crippen MR) is 58.8 cm³/mol. The smallest absolute Gasteiger partial charge is 0.237 e. The van der Waals surface area contributed by atoms with Gasteiger partial charge in [0.05, 0.1) is 0 Å². The van der Waals surface area contributed by atoms with Gasteiger partial charge in [-0.25, -0.2) is 0 Å². The second kappa shape index (κ2) is 5.95. The molecule has 0 radical (unpaired) electrons. The molecule has 0 aliphatic carbocycles. The van der Waals surface area contributed by atoms with Crippen molar-refractivity contribution in [2.45, 2.75) is 31.6 Å². The van der Waals surface area contributed by atoms with Gasteiger partial charge >= 0.3 is 0 Å². The molecule has 1 aliphatic heterocycles. The van der Waals surface area contributed by atoms with E-state index in [-0.39, 0.29) is 11.8 Å². The van der Waals surface area contributed by atoms with E-state index < -0.39 is 5.38 Å². The molecule has 0 aromatic carbocycles. The maximum absolute atomic E-state index is 11.5. The maximum Gasteiger partial charge on any atom is 0.237 e. The van der Waals surface area contributed by atoms with Crippen LogP contribution in [0.25, 0.3) is 0 Å². The van der Waals surface area contributed by atoms with Gasteiger partial charge in [0, 0.05) is 26.1 Å². The highest BCUT2D eigenvalue weighted by atomic mass is 35.5. The van der Waals surface area contributed by atoms with Crippen molar-refractivity contribution >= 4 is 23.4 Å². The van der Waals surface area contributed by atoms with Crippen LogP contribution in [0.3, 0.4) is 0 Å². The SMILES string of the molecule is CC(Cl)C(=O)NCCC(=O)N1CCCC1. The molecule has 1 heterocycles. The predicted octanol–water partition coefficient (Wildman–Crippen LogP) is 0.742. The molecule has 1 unspecified atom stereocenters. The van der Waals surface area contributed by atoms with Gasteiger partial charge in [-0.15, -0.1) is 11.6 Å². The van der Waals surface area contributed by atoms with Crippen molar-refractivity contribution in [1.29, 1.82) is 0 Å². The van der Waals surface area contributed by atoms with Gasteiger partial charge in [-0.05, 0) is 19.8 Å². The quantitative estimate of drug-likeness (QED) is 0.727. The average Bonchev–Trinajstić information content (AvgIpc) is 2.70. The highest BCUT2D eigenvalue weighted by Crippen LogP contribution is 2.08. The van der Waals surface area contributed by atoms with E-state index in [1.54, 1.807) is 6.92 Å². The summed E-state index contributed by atoms with van der Waals surface area (Å²) >= 11 is 5.56. The molecule has 1 atom stereocenters. The maximum atomic E-state index is 11.5. The van der Waals surface area contributed by atoms with Gasteiger partial charge in [-0.2, -0.15) is 0 Å². The monoisotopic (exact) mass is 232 g/mol. The molecule has 0 aromatic rings. The fourth-order valence-corrected chi connectivity index (χ4v) is 1.64. The number of alkyl halides is 1. The van der Waals surface area contributed by atoms with Crippen molar-refractivity contribution in [1.82, 2.24) is 10.2 Å². The van der Waals surface area contributed by atoms with Crippen LogP contribution in [0.15, 0.2) is 0 Å². The Morgan fingerprint density at radius 2 is 2.00 bits per heavy atom. The van der Waals surface area contributed by atoms with Crippen LogP contribution in [0.2, 0.25) is 0 Å². The molecular formula is C10H17ClN2O2. The molecule has 1 fully saturated rings. The molecule has 0 spiro atoms. The number of hydrogen-bond donors (Lipinski definition) is 1. The first-order valence-corrected chi connectivity index (χ1v) is 5.74. The van der Waals surface area contributed by atoms with E-state index in [9.17, 15) is 9.59 Å². The Kier molecular flexibility index (Phi) is 4.88. The average molecular weight is 233 g/mol. The Bertz CT molecular complexity index is 238. The fraction of sp³-hybridized carbons (Fsp3) is 0.800. The second-order valence-electron chi connectivity index (χ2n) is 3.74. The highest BCUT2D eigenvalue weighted by Gasteiger charge is 2.17. The molecule has 0 saturated carbocycles. The highest BCUT2D eigenvalue weighted by molar-refractivity contribution is 6.30. The molecule has 5 heteroatoms. The summed E-state index contributed by atoms with van der Waals surface area (Å²) in [7, 11) is 0. The van der Waals surface area contributed by atoms with Crippen molar-refractivity contribution in [3.8, 4) is 0 Å². The van der Waals surface area contributed by atoms with E-state index in [1.807, 2.05) is 4.90 Å². The summed E-state index contributed by atoms with van der Waals surface area (Å²) in [5, 5.41) is 2.08. The van der Waals surface area contributed by atoms with Crippen LogP contribution in [-0.4, -0.2) is 41.7 Å². The summed E-state index contributed by atoms with van der Waals surface area (Å²) in [5.41, 5.74) is 0. The standard InChI is InChI=1S/C10H17ClN2O2/c1-8(11)10(15)12-5-4-9(14)13-6-2-3-7-13/h8H,2-7H2,1H3,(H,12,15). The minimum absolute atomic E-state index is 0.120. The van der Waals surface area contributed by atoms with Crippen molar-refractivity contribution < 1.29 is 9.59 Å². The molecule has 1 saturated heterocycles. The number of nitrogens with one attached hydrogen (secondary N) is 1. The molecule has 2 amide bonds. The lowest BCUT2D eigenvalue weighted by Gasteiger charge is -2.15. The van der Waals surface area contributed by atoms with Gasteiger partial charge in [0.15, 0.2) is 0 Å². The Labute approximate surface area is 95.0 Å². The van der Waals surface area contributed by atoms with Crippen LogP contribution in [0.1, 0.15) is 26.2 Å². The Hall–Kier alpha value is -0.770. The molecule has 86 valence electrons. The van der Waals surface area contributed by atoms with Crippen LogP contribution in [0.4, 0.5) is 0 Å². The van der Waals surface area contributed by atoms with Crippen molar-refractivity contribution in [2.24, 2.45) is 0 Å². The van der Waals surface area contributed by atoms with Crippen LogP contribution < -0.4 is 5.32 Å². The van der Waals surface area contributed by atoms with E-state index in [4.69, 9.17) is 11.6 Å². The first kappa shape index (κ1) is 12.3. The van der Waals surface area contributed by atoms with Crippen LogP contribution >= 0.6 is 11.6 Å². The summed E-state index contributed by atoms with van der Waals surface area (Å²) in [6.45, 7) is 3.71. The summed E-state index contributed by atoms with van der Waals surface area (Å²) in [5.74, 6) is -0.0964. The largest absolute Gasteiger partial charge is 0.354 e. The van der Waals surface area contributed by atoms with E-state index in [1.165, 1.54) is 0 Å². The van der Waals surface area contributed by atoms with E-state index in [0.29, 0.717) is 13.0 Å². The number of hydrogen-bond acceptors (Lipinski definition) is 2. The Balaban J connectivity index is 2.14. The Morgan fingerprint density at radius 1 is 1.40 bits per heavy atom. The normalized spacial score (nSPS) is 17.6. The zero-order chi connectivity index (χ0) is 11.3. The topological polar surface area (TPSA) is 49.4 Å². The number of carbonyl (C=O) groups excluding carboxylic acids is 2. The lowest BCUT2D eigenvalue weighted by Crippen LogP contribution is -2.35. The first-order chi connectivity index (χ1) is 7.11. The molecule has 0 aromatic heterocycles. The van der Waals surface area contributed by atoms with Gasteiger partial charge in [0.1, 0.15) is 5.38 Å². The molecule has 1 N–H and O–H groups in total. The van der Waals surface area contributed by atoms with Gasteiger partial charge in [0.2, 0.25) is 11.8 Å². The number of carbonyl (C=O) groups is 2. The van der Waals surface area contributed by atoms with Crippen molar-refractivity contribution in [3.63, 3.8) is 0 Å². The molecule has 1 rings (SSSR count). The number of halogens is 1. The summed E-state index contributed by atoms with van der Waals surface area (Å²) in [6, 6.07) is 0. The van der Waals surface area contributed by atoms with E-state index in [2.05, 4.69) is 5.32 Å². The third kappa shape index (κ3) is 4.08. The van der Waals surface area contributed by atoms with Crippen LogP contribution in [0, 0.1) is 0 Å². The lowest BCUT2D eigenvalue weighted by molar-refractivity contribution is -0.130. The van der Waals surface area contributed by atoms with E-state index >= 15 is 0 Å². The first-order valence-electron chi connectivity index (χ1n) is 5.31. The fourth-order valence-electron chi connectivity index (χ4n) is 1.56. The van der Waals surface area contributed by atoms with Gasteiger partial charge in [-0.1, -0.05) is 0 Å². The lowest BCUT2D eigenvalue weighted by atomic mass is 10.3. The summed E-state index contributed by atoms with van der Waals surface area (Å²) in [6.07, 6.45) is 2.56. The second-order valence-corrected chi connectivity index (χ2v) is 4.40. The van der Waals surface area contributed by atoms with Gasteiger partial charge in [0.25, 0.3) is 0 Å². The molecule has 0 bridgehead atoms. The Morgan fingerprint density at radius 3 is 2.53 bits per heavy atom. The van der Waals surface area contributed by atoms with Crippen LogP contribution in [0.5, 0.6) is 0 Å². The van der Waals surface area contributed by atoms with E-state index in [0.717, 1.165) is 25.9 Å². The number of likely N-dealkylation sites (tertiary alicyclic amines) is 1. The van der Waals surface area contributed by atoms with Crippen molar-refractivity contribution in [2.75, 3.05) is 19.6 Å². The molecule has 1 aliphatic rings. The van der Waals surface area contributed by atoms with Gasteiger partial charge in [-0.3, -0.25) is 9.59 Å². The number of nitrogens with zero attached hydrogens (tertiary/aromatic N) is 1. The number of rotatable bonds is 4. The zero-order valence-electron chi connectivity index (χ0n) is 8.96. The summed E-state index contributed by atoms with van der Waals surface area (Å²) in [4.78, 5) is 24.5. The third-order valence-corrected chi connectivity index (χ3v) is 2.66. The third-order valence-electron chi connectivity index (χ3n) is 2.46. The minimum Gasteiger partial charge on any atom is -0.354 e. The number of amides is 2. The zero-order valence-corrected chi connectivity index (χ0v) is 9.72. The summed E-state index contributed by atoms with van der Waals surface area (Å²) < 4.78 is 0. The molecular weight excluding hydrogens is 216 g/mol. The molecule has 4 nitrogen and oxygen atoms in total. The van der Waals surface area contributed by atoms with Crippen LogP contribution in [-0.2, 0) is 9.59 Å². The van der Waals surface area contributed by atoms with Gasteiger partial charge < -0.3 is 10.2 Å². The van der Waals surface area contributed by atoms with Crippen molar-refractivity contribution in [3.05, 3.63) is 0 Å².